The van der Waals surface area contributed by atoms with Crippen LogP contribution in [0.2, 0.25) is 0 Å². The van der Waals surface area contributed by atoms with Crippen molar-refractivity contribution in [2.45, 2.75) is 63.2 Å². The predicted molar refractivity (Wildman–Crippen MR) is 245 cm³/mol. The highest BCUT2D eigenvalue weighted by Gasteiger charge is 2.32. The van der Waals surface area contributed by atoms with Crippen LogP contribution in [0.15, 0.2) is 94.7 Å². The summed E-state index contributed by atoms with van der Waals surface area (Å²) >= 11 is 0.914. The minimum absolute atomic E-state index is 0.0320. The zero-order valence-electron chi connectivity index (χ0n) is 36.4. The van der Waals surface area contributed by atoms with Crippen molar-refractivity contribution in [1.82, 2.24) is 19.6 Å². The number of nitro groups is 2. The summed E-state index contributed by atoms with van der Waals surface area (Å²) < 4.78 is 0. The van der Waals surface area contributed by atoms with Crippen molar-refractivity contribution in [3.8, 4) is 22.3 Å². The van der Waals surface area contributed by atoms with Gasteiger partial charge in [-0.15, -0.1) is 0 Å². The molecule has 14 nitrogen and oxygen atoms in total. The average molecular weight is 873 g/mol. The minimum atomic E-state index is -0.478. The number of piperazine rings is 2. The lowest BCUT2D eigenvalue weighted by Crippen LogP contribution is -2.49. The molecule has 4 aromatic rings. The van der Waals surface area contributed by atoms with E-state index < -0.39 is 9.85 Å². The van der Waals surface area contributed by atoms with Crippen molar-refractivity contribution in [3.63, 3.8) is 0 Å². The van der Waals surface area contributed by atoms with Crippen LogP contribution in [0.5, 0.6) is 0 Å². The number of hydrogen-bond donors (Lipinski definition) is 0. The first-order chi connectivity index (χ1) is 30.1. The summed E-state index contributed by atoms with van der Waals surface area (Å²) in [6.45, 7) is 14.0. The molecule has 2 fully saturated rings. The Morgan fingerprint density at radius 2 is 0.873 bits per heavy atom. The van der Waals surface area contributed by atoms with Gasteiger partial charge in [0.2, 0.25) is 23.6 Å². The molecule has 0 bridgehead atoms. The quantitative estimate of drug-likeness (QED) is 0.0769. The van der Waals surface area contributed by atoms with Crippen LogP contribution < -0.4 is 0 Å². The Morgan fingerprint density at radius 3 is 1.19 bits per heavy atom. The van der Waals surface area contributed by atoms with Crippen LogP contribution in [0.4, 0.5) is 11.4 Å². The molecule has 15 heteroatoms. The lowest BCUT2D eigenvalue weighted by atomic mass is 9.89. The van der Waals surface area contributed by atoms with E-state index in [9.17, 15) is 39.4 Å². The van der Waals surface area contributed by atoms with Crippen molar-refractivity contribution in [2.75, 3.05) is 52.4 Å². The number of amides is 4. The van der Waals surface area contributed by atoms with Crippen molar-refractivity contribution in [2.24, 2.45) is 0 Å². The van der Waals surface area contributed by atoms with Crippen molar-refractivity contribution >= 4 is 58.9 Å². The minimum Gasteiger partial charge on any atom is -0.339 e. The highest BCUT2D eigenvalue weighted by atomic mass is 32.2. The van der Waals surface area contributed by atoms with E-state index in [2.05, 4.69) is 0 Å². The van der Waals surface area contributed by atoms with Crippen LogP contribution in [0.3, 0.4) is 0 Å². The molecule has 2 aliphatic rings. The predicted octanol–water partition coefficient (Wildman–Crippen LogP) is 8.64. The Kier molecular flexibility index (Phi) is 14.6. The second kappa shape index (κ2) is 20.1. The normalized spacial score (nSPS) is 14.6. The summed E-state index contributed by atoms with van der Waals surface area (Å²) in [6.07, 6.45) is 5.93. The molecule has 328 valence electrons. The number of nitrogens with zero attached hydrogens (tertiary/aromatic N) is 6. The Hall–Kier alpha value is -6.61. The SMILES string of the molecule is CC(=O)N1CCN(C(=O)C=Cc2ccc(Sc3ccc(C=CC(=O)N4CCN(C(C)=O)CC4)c(-c4ccccc4C(C)C)c3[N+](=O)[O-])c([N+](=O)[O-])c2-c2ccccc2C(C)C)CC1. The van der Waals surface area contributed by atoms with E-state index in [1.54, 1.807) is 80.3 Å². The third-order valence-electron chi connectivity index (χ3n) is 11.5. The highest BCUT2D eigenvalue weighted by Crippen LogP contribution is 2.50. The third kappa shape index (κ3) is 10.4. The summed E-state index contributed by atoms with van der Waals surface area (Å²) in [4.78, 5) is 83.4. The Labute approximate surface area is 371 Å². The summed E-state index contributed by atoms with van der Waals surface area (Å²) in [5, 5.41) is 26.8. The standard InChI is InChI=1S/C48H52N6O8S/c1-31(2)37-11-7-9-13-39(37)45-35(17-21-43(57)51-27-23-49(24-28-51)33(5)55)15-19-41(47(45)53(59)60)63-42-20-16-36(18-22-44(58)52-29-25-50(26-30-52)34(6)56)46(48(42)54(61)62)40-14-10-8-12-38(40)32(3)4/h7-22,31-32H,23-30H2,1-6H3. The topological polar surface area (TPSA) is 168 Å². The molecule has 2 heterocycles. The molecular weight excluding hydrogens is 821 g/mol. The Morgan fingerprint density at radius 1 is 0.540 bits per heavy atom. The lowest BCUT2D eigenvalue weighted by Gasteiger charge is -2.33. The first-order valence-electron chi connectivity index (χ1n) is 21.0. The zero-order chi connectivity index (χ0) is 45.5. The van der Waals surface area contributed by atoms with Gasteiger partial charge in [-0.1, -0.05) is 100 Å². The number of carbonyl (C=O) groups is 4. The van der Waals surface area contributed by atoms with E-state index in [0.717, 1.165) is 22.9 Å². The molecule has 0 radical (unpaired) electrons. The molecule has 0 aromatic heterocycles. The molecule has 0 spiro atoms. The molecule has 4 aromatic carbocycles. The second-order valence-corrected chi connectivity index (χ2v) is 17.3. The molecular formula is C48H52N6O8S. The number of benzene rings is 4. The molecule has 2 aliphatic heterocycles. The van der Waals surface area contributed by atoms with E-state index in [1.165, 1.54) is 26.0 Å². The third-order valence-corrected chi connectivity index (χ3v) is 12.6. The van der Waals surface area contributed by atoms with Crippen molar-refractivity contribution in [3.05, 3.63) is 127 Å². The first-order valence-corrected chi connectivity index (χ1v) is 21.8. The van der Waals surface area contributed by atoms with E-state index in [0.29, 0.717) is 74.6 Å². The molecule has 63 heavy (non-hydrogen) atoms. The highest BCUT2D eigenvalue weighted by molar-refractivity contribution is 7.99. The van der Waals surface area contributed by atoms with E-state index >= 15 is 0 Å². The first kappa shape index (κ1) is 45.9. The monoisotopic (exact) mass is 872 g/mol. The van der Waals surface area contributed by atoms with Gasteiger partial charge in [0.15, 0.2) is 0 Å². The maximum absolute atomic E-state index is 13.4. The van der Waals surface area contributed by atoms with Gasteiger partial charge in [0.1, 0.15) is 0 Å². The van der Waals surface area contributed by atoms with Gasteiger partial charge in [-0.25, -0.2) is 0 Å². The smallest absolute Gasteiger partial charge is 0.291 e. The van der Waals surface area contributed by atoms with Gasteiger partial charge in [-0.05, 0) is 69.5 Å². The second-order valence-electron chi connectivity index (χ2n) is 16.2. The summed E-state index contributed by atoms with van der Waals surface area (Å²) in [5.74, 6) is -0.769. The molecule has 0 saturated carbocycles. The molecule has 0 aliphatic carbocycles. The molecule has 6 rings (SSSR count). The number of rotatable bonds is 12. The fourth-order valence-corrected chi connectivity index (χ4v) is 9.19. The number of hydrogen-bond acceptors (Lipinski definition) is 9. The number of nitro benzene ring substituents is 2. The van der Waals surface area contributed by atoms with Gasteiger partial charge in [0, 0.05) is 78.4 Å². The summed E-state index contributed by atoms with van der Waals surface area (Å²) in [5.41, 5.74) is 3.72. The van der Waals surface area contributed by atoms with E-state index in [1.807, 2.05) is 52.0 Å². The average Bonchev–Trinajstić information content (AvgIpc) is 3.27. The fourth-order valence-electron chi connectivity index (χ4n) is 8.14. The molecule has 4 amide bonds. The van der Waals surface area contributed by atoms with Crippen LogP contribution in [-0.4, -0.2) is 105 Å². The van der Waals surface area contributed by atoms with Gasteiger partial charge in [0.25, 0.3) is 11.4 Å². The summed E-state index contributed by atoms with van der Waals surface area (Å²) in [7, 11) is 0. The van der Waals surface area contributed by atoms with Gasteiger partial charge in [0.05, 0.1) is 30.8 Å². The Balaban J connectivity index is 1.48. The fraction of sp³-hybridized carbons (Fsp3) is 0.333. The lowest BCUT2D eigenvalue weighted by molar-refractivity contribution is -0.387. The van der Waals surface area contributed by atoms with E-state index in [-0.39, 0.29) is 67.8 Å². The molecule has 0 N–H and O–H groups in total. The van der Waals surface area contributed by atoms with E-state index in [4.69, 9.17) is 0 Å². The van der Waals surface area contributed by atoms with Crippen LogP contribution in [-0.2, 0) is 19.2 Å². The summed E-state index contributed by atoms with van der Waals surface area (Å²) in [6, 6.07) is 21.2. The number of carbonyl (C=O) groups excluding carboxylic acids is 4. The molecule has 0 unspecified atom stereocenters. The van der Waals surface area contributed by atoms with Gasteiger partial charge in [-0.3, -0.25) is 39.4 Å². The van der Waals surface area contributed by atoms with Crippen LogP contribution in [0, 0.1) is 20.2 Å². The maximum atomic E-state index is 13.4. The maximum Gasteiger partial charge on any atom is 0.291 e. The van der Waals surface area contributed by atoms with Gasteiger partial charge >= 0.3 is 0 Å². The largest absolute Gasteiger partial charge is 0.339 e. The zero-order valence-corrected chi connectivity index (χ0v) is 37.2. The van der Waals surface area contributed by atoms with Gasteiger partial charge < -0.3 is 19.6 Å². The Bertz CT molecular complexity index is 2330. The van der Waals surface area contributed by atoms with Crippen LogP contribution in [0.25, 0.3) is 34.4 Å². The van der Waals surface area contributed by atoms with Crippen LogP contribution >= 0.6 is 11.8 Å². The van der Waals surface area contributed by atoms with Gasteiger partial charge in [-0.2, -0.15) is 0 Å². The van der Waals surface area contributed by atoms with Crippen LogP contribution in [0.1, 0.15) is 75.6 Å². The van der Waals surface area contributed by atoms with Crippen molar-refractivity contribution in [1.29, 1.82) is 0 Å². The van der Waals surface area contributed by atoms with Crippen molar-refractivity contribution < 1.29 is 29.0 Å². The molecule has 0 atom stereocenters. The molecule has 2 saturated heterocycles.